The first-order valence-corrected chi connectivity index (χ1v) is 9.63. The minimum atomic E-state index is 0.0584. The summed E-state index contributed by atoms with van der Waals surface area (Å²) in [7, 11) is 0. The first kappa shape index (κ1) is 17.3. The molecule has 0 saturated carbocycles. The number of aromatic nitrogens is 5. The molecule has 0 radical (unpaired) electrons. The zero-order valence-electron chi connectivity index (χ0n) is 14.7. The summed E-state index contributed by atoms with van der Waals surface area (Å²) in [5.41, 5.74) is 4.73. The average molecular weight is 415 g/mol. The molecule has 1 aromatic carbocycles. The second-order valence-corrected chi connectivity index (χ2v) is 7.58. The van der Waals surface area contributed by atoms with Crippen molar-refractivity contribution in [3.05, 3.63) is 58.2 Å². The van der Waals surface area contributed by atoms with Crippen LogP contribution in [0.2, 0.25) is 10.0 Å². The lowest BCUT2D eigenvalue weighted by atomic mass is 10.0. The van der Waals surface area contributed by atoms with Crippen LogP contribution < -0.4 is 0 Å². The topological polar surface area (TPSA) is 82.6 Å². The van der Waals surface area contributed by atoms with E-state index in [0.717, 1.165) is 33.4 Å². The van der Waals surface area contributed by atoms with E-state index in [2.05, 4.69) is 25.0 Å². The van der Waals surface area contributed by atoms with Crippen LogP contribution in [-0.2, 0) is 24.3 Å². The minimum absolute atomic E-state index is 0.0584. The van der Waals surface area contributed by atoms with E-state index < -0.39 is 0 Å². The summed E-state index contributed by atoms with van der Waals surface area (Å²) in [4.78, 5) is 14.7. The molecule has 4 aromatic rings. The number of rotatable bonds is 3. The lowest BCUT2D eigenvalue weighted by Gasteiger charge is -2.30. The van der Waals surface area contributed by atoms with Gasteiger partial charge in [0.25, 0.3) is 0 Å². The number of nitrogens with zero attached hydrogens (tertiary/aromatic N) is 4. The lowest BCUT2D eigenvalue weighted by molar-refractivity contribution is -0.131. The third-order valence-corrected chi connectivity index (χ3v) is 5.99. The number of hydrogen-bond acceptors (Lipinski definition) is 3. The quantitative estimate of drug-likeness (QED) is 0.536. The lowest BCUT2D eigenvalue weighted by Crippen LogP contribution is -2.39. The molecule has 142 valence electrons. The van der Waals surface area contributed by atoms with Gasteiger partial charge in [0.05, 0.1) is 34.7 Å². The molecule has 1 amide bonds. The Kier molecular flexibility index (Phi) is 4.14. The van der Waals surface area contributed by atoms with E-state index in [1.807, 2.05) is 29.3 Å². The molecule has 5 rings (SSSR count). The maximum absolute atomic E-state index is 12.8. The second kappa shape index (κ2) is 6.68. The van der Waals surface area contributed by atoms with Crippen LogP contribution >= 0.6 is 23.2 Å². The van der Waals surface area contributed by atoms with Gasteiger partial charge in [0.2, 0.25) is 5.91 Å². The Morgan fingerprint density at radius 2 is 2.07 bits per heavy atom. The van der Waals surface area contributed by atoms with Gasteiger partial charge in [0, 0.05) is 53.4 Å². The molecule has 3 aromatic heterocycles. The zero-order valence-corrected chi connectivity index (χ0v) is 16.3. The van der Waals surface area contributed by atoms with Crippen LogP contribution in [-0.4, -0.2) is 42.3 Å². The van der Waals surface area contributed by atoms with E-state index in [-0.39, 0.29) is 5.91 Å². The van der Waals surface area contributed by atoms with E-state index in [4.69, 9.17) is 23.2 Å². The molecule has 2 N–H and O–H groups in total. The Balaban J connectivity index is 1.61. The molecule has 9 heteroatoms. The maximum Gasteiger partial charge on any atom is 0.228 e. The third kappa shape index (κ3) is 2.70. The number of amides is 1. The SMILES string of the molecule is O=C(Cc1ccn[nH]1)N1CCn2c(c(-c3cn[nH]c3)c3ccc(Cl)c(Cl)c32)C1. The van der Waals surface area contributed by atoms with Gasteiger partial charge in [0.1, 0.15) is 0 Å². The Morgan fingerprint density at radius 3 is 2.82 bits per heavy atom. The summed E-state index contributed by atoms with van der Waals surface area (Å²) in [6.45, 7) is 1.76. The van der Waals surface area contributed by atoms with Crippen LogP contribution in [0.4, 0.5) is 0 Å². The molecule has 0 saturated heterocycles. The fourth-order valence-electron chi connectivity index (χ4n) is 3.90. The van der Waals surface area contributed by atoms with E-state index >= 15 is 0 Å². The summed E-state index contributed by atoms with van der Waals surface area (Å²) >= 11 is 12.8. The predicted molar refractivity (Wildman–Crippen MR) is 107 cm³/mol. The number of hydrogen-bond donors (Lipinski definition) is 2. The second-order valence-electron chi connectivity index (χ2n) is 6.79. The standard InChI is InChI=1S/C19H16Cl2N6O/c20-14-2-1-13-17(11-8-23-24-9-11)15-10-26(5-6-27(15)19(13)18(14)21)16(28)7-12-3-4-22-25-12/h1-4,8-9H,5-7,10H2,(H,22,25)(H,23,24). The zero-order chi connectivity index (χ0) is 19.3. The minimum Gasteiger partial charge on any atom is -0.339 e. The fourth-order valence-corrected chi connectivity index (χ4v) is 4.32. The van der Waals surface area contributed by atoms with Crippen molar-refractivity contribution in [2.45, 2.75) is 19.5 Å². The molecular formula is C19H16Cl2N6O. The molecule has 0 fully saturated rings. The normalized spacial score (nSPS) is 13.9. The van der Waals surface area contributed by atoms with Crippen molar-refractivity contribution in [2.24, 2.45) is 0 Å². The highest BCUT2D eigenvalue weighted by molar-refractivity contribution is 6.45. The van der Waals surface area contributed by atoms with Crippen LogP contribution in [0.15, 0.2) is 36.8 Å². The van der Waals surface area contributed by atoms with Crippen molar-refractivity contribution >= 4 is 40.0 Å². The van der Waals surface area contributed by atoms with Gasteiger partial charge in [-0.05, 0) is 12.1 Å². The highest BCUT2D eigenvalue weighted by Gasteiger charge is 2.28. The summed E-state index contributed by atoms with van der Waals surface area (Å²) in [5, 5.41) is 15.8. The number of benzene rings is 1. The molecule has 28 heavy (non-hydrogen) atoms. The first-order valence-electron chi connectivity index (χ1n) is 8.87. The van der Waals surface area contributed by atoms with Crippen molar-refractivity contribution in [1.82, 2.24) is 29.9 Å². The molecule has 4 heterocycles. The summed E-state index contributed by atoms with van der Waals surface area (Å²) < 4.78 is 2.17. The van der Waals surface area contributed by atoms with Crippen LogP contribution in [0.5, 0.6) is 0 Å². The number of H-pyrrole nitrogens is 2. The Labute approximate surface area is 170 Å². The van der Waals surface area contributed by atoms with E-state index in [9.17, 15) is 4.79 Å². The van der Waals surface area contributed by atoms with Gasteiger partial charge in [-0.3, -0.25) is 15.0 Å². The number of aromatic amines is 2. The number of halogens is 2. The molecule has 1 aliphatic heterocycles. The van der Waals surface area contributed by atoms with Crippen molar-refractivity contribution in [1.29, 1.82) is 0 Å². The Hall–Kier alpha value is -2.77. The molecule has 0 atom stereocenters. The summed E-state index contributed by atoms with van der Waals surface area (Å²) in [6, 6.07) is 5.61. The number of carbonyl (C=O) groups is 1. The maximum atomic E-state index is 12.8. The molecular weight excluding hydrogens is 399 g/mol. The summed E-state index contributed by atoms with van der Waals surface area (Å²) in [6.07, 6.45) is 5.58. The van der Waals surface area contributed by atoms with Crippen LogP contribution in [0.3, 0.4) is 0 Å². The molecule has 0 bridgehead atoms. The van der Waals surface area contributed by atoms with Gasteiger partial charge in [-0.25, -0.2) is 0 Å². The van der Waals surface area contributed by atoms with Crippen molar-refractivity contribution in [3.8, 4) is 11.1 Å². The molecule has 0 unspecified atom stereocenters. The van der Waals surface area contributed by atoms with Gasteiger partial charge in [-0.1, -0.05) is 29.3 Å². The fraction of sp³-hybridized carbons (Fsp3) is 0.211. The van der Waals surface area contributed by atoms with Gasteiger partial charge in [0.15, 0.2) is 0 Å². The predicted octanol–water partition coefficient (Wildman–Crippen LogP) is 3.65. The molecule has 0 aliphatic carbocycles. The highest BCUT2D eigenvalue weighted by Crippen LogP contribution is 2.42. The van der Waals surface area contributed by atoms with Crippen LogP contribution in [0, 0.1) is 0 Å². The van der Waals surface area contributed by atoms with Gasteiger partial charge < -0.3 is 9.47 Å². The Morgan fingerprint density at radius 1 is 1.18 bits per heavy atom. The van der Waals surface area contributed by atoms with Gasteiger partial charge in [-0.2, -0.15) is 10.2 Å². The highest BCUT2D eigenvalue weighted by atomic mass is 35.5. The number of fused-ring (bicyclic) bond motifs is 3. The molecule has 0 spiro atoms. The van der Waals surface area contributed by atoms with Crippen LogP contribution in [0.1, 0.15) is 11.4 Å². The summed E-state index contributed by atoms with van der Waals surface area (Å²) in [5.74, 6) is 0.0584. The monoisotopic (exact) mass is 414 g/mol. The van der Waals surface area contributed by atoms with E-state index in [0.29, 0.717) is 36.1 Å². The van der Waals surface area contributed by atoms with E-state index in [1.54, 1.807) is 12.4 Å². The van der Waals surface area contributed by atoms with Gasteiger partial charge >= 0.3 is 0 Å². The average Bonchev–Trinajstić information content (AvgIpc) is 3.43. The molecule has 7 nitrogen and oxygen atoms in total. The number of carbonyl (C=O) groups excluding carboxylic acids is 1. The largest absolute Gasteiger partial charge is 0.339 e. The van der Waals surface area contributed by atoms with Crippen molar-refractivity contribution in [2.75, 3.05) is 6.54 Å². The van der Waals surface area contributed by atoms with Crippen LogP contribution in [0.25, 0.3) is 22.0 Å². The Bertz CT molecular complexity index is 1160. The third-order valence-electron chi connectivity index (χ3n) is 5.20. The first-order chi connectivity index (χ1) is 13.6. The number of nitrogens with one attached hydrogen (secondary N) is 2. The van der Waals surface area contributed by atoms with E-state index in [1.165, 1.54) is 0 Å². The molecule has 1 aliphatic rings. The van der Waals surface area contributed by atoms with Crippen molar-refractivity contribution in [3.63, 3.8) is 0 Å². The smallest absolute Gasteiger partial charge is 0.228 e. The van der Waals surface area contributed by atoms with Gasteiger partial charge in [-0.15, -0.1) is 0 Å². The van der Waals surface area contributed by atoms with Crippen molar-refractivity contribution < 1.29 is 4.79 Å².